The van der Waals surface area contributed by atoms with Crippen molar-refractivity contribution in [1.29, 1.82) is 0 Å². The van der Waals surface area contributed by atoms with Gasteiger partial charge in [-0.15, -0.1) is 0 Å². The van der Waals surface area contributed by atoms with Crippen molar-refractivity contribution in [2.24, 2.45) is 0 Å². The Hall–Kier alpha value is -1.30. The molecule has 0 amide bonds. The summed E-state index contributed by atoms with van der Waals surface area (Å²) in [6.07, 6.45) is 4.49. The molecule has 0 bridgehead atoms. The minimum Gasteiger partial charge on any atom is -0.497 e. The molecule has 0 aromatic heterocycles. The molecule has 1 aliphatic heterocycles. The Kier molecular flexibility index (Phi) is 7.15. The van der Waals surface area contributed by atoms with Gasteiger partial charge in [0.05, 0.1) is 20.3 Å². The maximum Gasteiger partial charge on any atom is 0.128 e. The summed E-state index contributed by atoms with van der Waals surface area (Å²) in [6.45, 7) is 2.12. The van der Waals surface area contributed by atoms with E-state index in [1.54, 1.807) is 20.3 Å². The molecule has 5 heteroatoms. The first-order valence-electron chi connectivity index (χ1n) is 8.44. The van der Waals surface area contributed by atoms with Crippen LogP contribution in [0.5, 0.6) is 11.5 Å². The third kappa shape index (κ3) is 4.83. The Morgan fingerprint density at radius 2 is 2.09 bits per heavy atom. The summed E-state index contributed by atoms with van der Waals surface area (Å²) < 4.78 is 10.6. The summed E-state index contributed by atoms with van der Waals surface area (Å²) in [5.74, 6) is 1.37. The summed E-state index contributed by atoms with van der Waals surface area (Å²) in [5.41, 5.74) is 0.795. The molecule has 1 fully saturated rings. The van der Waals surface area contributed by atoms with Gasteiger partial charge in [-0.3, -0.25) is 0 Å². The number of aliphatic hydroxyl groups excluding tert-OH is 2. The second-order valence-corrected chi connectivity index (χ2v) is 6.11. The average molecular weight is 323 g/mol. The van der Waals surface area contributed by atoms with Crippen molar-refractivity contribution in [2.45, 2.75) is 44.2 Å². The van der Waals surface area contributed by atoms with E-state index < -0.39 is 6.10 Å². The number of likely N-dealkylation sites (tertiary alicyclic amines) is 1. The molecule has 2 N–H and O–H groups in total. The maximum absolute atomic E-state index is 10.5. The molecular formula is C18H29NO4. The van der Waals surface area contributed by atoms with Crippen LogP contribution in [0.15, 0.2) is 18.2 Å². The molecule has 1 aromatic carbocycles. The van der Waals surface area contributed by atoms with Gasteiger partial charge in [-0.2, -0.15) is 0 Å². The van der Waals surface area contributed by atoms with E-state index in [9.17, 15) is 10.2 Å². The van der Waals surface area contributed by atoms with Crippen LogP contribution in [0.4, 0.5) is 0 Å². The third-order valence-corrected chi connectivity index (χ3v) is 4.70. The number of rotatable bonds is 8. The predicted octanol–water partition coefficient (Wildman–Crippen LogP) is 2.36. The number of hydrogen-bond acceptors (Lipinski definition) is 5. The SMILES string of the molecule is COc1ccc(C(O)CCN2CCCCC2CCO)c(OC)c1. The number of piperidine rings is 1. The lowest BCUT2D eigenvalue weighted by Gasteiger charge is -2.36. The number of hydrogen-bond donors (Lipinski definition) is 2. The summed E-state index contributed by atoms with van der Waals surface area (Å²) in [6, 6.07) is 5.95. The van der Waals surface area contributed by atoms with Crippen LogP contribution < -0.4 is 9.47 Å². The van der Waals surface area contributed by atoms with Crippen LogP contribution in [0.1, 0.15) is 43.8 Å². The van der Waals surface area contributed by atoms with Crippen LogP contribution in [-0.4, -0.2) is 55.1 Å². The van der Waals surface area contributed by atoms with Gasteiger partial charge in [0.15, 0.2) is 0 Å². The van der Waals surface area contributed by atoms with Gasteiger partial charge in [0, 0.05) is 30.8 Å². The minimum atomic E-state index is -0.562. The first-order valence-corrected chi connectivity index (χ1v) is 8.44. The summed E-state index contributed by atoms with van der Waals surface area (Å²) in [7, 11) is 3.22. The molecule has 0 spiro atoms. The van der Waals surface area contributed by atoms with E-state index in [-0.39, 0.29) is 6.61 Å². The molecule has 23 heavy (non-hydrogen) atoms. The Labute approximate surface area is 138 Å². The zero-order chi connectivity index (χ0) is 16.7. The lowest BCUT2D eigenvalue weighted by Crippen LogP contribution is -2.41. The molecule has 1 aliphatic rings. The summed E-state index contributed by atoms with van der Waals surface area (Å²) >= 11 is 0. The van der Waals surface area contributed by atoms with Gasteiger partial charge in [0.25, 0.3) is 0 Å². The quantitative estimate of drug-likeness (QED) is 0.769. The van der Waals surface area contributed by atoms with Crippen molar-refractivity contribution < 1.29 is 19.7 Å². The van der Waals surface area contributed by atoms with Crippen LogP contribution >= 0.6 is 0 Å². The van der Waals surface area contributed by atoms with Gasteiger partial charge in [0.1, 0.15) is 11.5 Å². The lowest BCUT2D eigenvalue weighted by molar-refractivity contribution is 0.0882. The first-order chi connectivity index (χ1) is 11.2. The van der Waals surface area contributed by atoms with Gasteiger partial charge in [0.2, 0.25) is 0 Å². The maximum atomic E-state index is 10.5. The van der Waals surface area contributed by atoms with Crippen molar-refractivity contribution >= 4 is 0 Å². The van der Waals surface area contributed by atoms with Crippen LogP contribution in [0, 0.1) is 0 Å². The first kappa shape index (κ1) is 18.0. The Balaban J connectivity index is 1.97. The molecule has 0 radical (unpaired) electrons. The fourth-order valence-corrected chi connectivity index (χ4v) is 3.37. The molecule has 2 rings (SSSR count). The van der Waals surface area contributed by atoms with Crippen molar-refractivity contribution in [2.75, 3.05) is 33.9 Å². The normalized spacial score (nSPS) is 20.3. The minimum absolute atomic E-state index is 0.232. The van der Waals surface area contributed by atoms with E-state index in [0.29, 0.717) is 18.2 Å². The third-order valence-electron chi connectivity index (χ3n) is 4.70. The molecule has 1 saturated heterocycles. The molecule has 5 nitrogen and oxygen atoms in total. The van der Waals surface area contributed by atoms with Gasteiger partial charge in [-0.05, 0) is 44.4 Å². The zero-order valence-corrected chi connectivity index (χ0v) is 14.2. The molecule has 2 atom stereocenters. The zero-order valence-electron chi connectivity index (χ0n) is 14.2. The van der Waals surface area contributed by atoms with Crippen molar-refractivity contribution in [3.05, 3.63) is 23.8 Å². The van der Waals surface area contributed by atoms with Gasteiger partial charge < -0.3 is 24.6 Å². The van der Waals surface area contributed by atoms with Crippen LogP contribution in [0.25, 0.3) is 0 Å². The second-order valence-electron chi connectivity index (χ2n) is 6.11. The smallest absolute Gasteiger partial charge is 0.128 e. The molecule has 1 heterocycles. The second kappa shape index (κ2) is 9.11. The summed E-state index contributed by atoms with van der Waals surface area (Å²) in [4.78, 5) is 2.40. The van der Waals surface area contributed by atoms with Crippen molar-refractivity contribution in [1.82, 2.24) is 4.90 Å². The van der Waals surface area contributed by atoms with Gasteiger partial charge >= 0.3 is 0 Å². The lowest BCUT2D eigenvalue weighted by atomic mass is 9.98. The number of ether oxygens (including phenoxy) is 2. The molecule has 0 saturated carbocycles. The Bertz CT molecular complexity index is 478. The van der Waals surface area contributed by atoms with E-state index in [0.717, 1.165) is 37.2 Å². The molecule has 130 valence electrons. The highest BCUT2D eigenvalue weighted by atomic mass is 16.5. The largest absolute Gasteiger partial charge is 0.497 e. The fraction of sp³-hybridized carbons (Fsp3) is 0.667. The standard InChI is InChI=1S/C18H29NO4/c1-22-15-6-7-16(18(13-15)23-2)17(21)8-11-19-10-4-3-5-14(19)9-12-20/h6-7,13-14,17,20-21H,3-5,8-12H2,1-2H3. The molecule has 2 unspecified atom stereocenters. The fourth-order valence-electron chi connectivity index (χ4n) is 3.37. The van der Waals surface area contributed by atoms with Crippen LogP contribution in [-0.2, 0) is 0 Å². The Morgan fingerprint density at radius 1 is 1.26 bits per heavy atom. The van der Waals surface area contributed by atoms with Crippen LogP contribution in [0.2, 0.25) is 0 Å². The van der Waals surface area contributed by atoms with Crippen molar-refractivity contribution in [3.63, 3.8) is 0 Å². The van der Waals surface area contributed by atoms with E-state index in [4.69, 9.17) is 9.47 Å². The average Bonchev–Trinajstić information content (AvgIpc) is 2.60. The number of aliphatic hydroxyl groups is 2. The van der Waals surface area contributed by atoms with Crippen molar-refractivity contribution in [3.8, 4) is 11.5 Å². The van der Waals surface area contributed by atoms with E-state index >= 15 is 0 Å². The highest BCUT2D eigenvalue weighted by Crippen LogP contribution is 2.31. The van der Waals surface area contributed by atoms with E-state index in [1.165, 1.54) is 12.8 Å². The topological polar surface area (TPSA) is 62.2 Å². The number of benzene rings is 1. The number of methoxy groups -OCH3 is 2. The predicted molar refractivity (Wildman–Crippen MR) is 90.0 cm³/mol. The van der Waals surface area contributed by atoms with Gasteiger partial charge in [-0.1, -0.05) is 6.42 Å². The van der Waals surface area contributed by atoms with E-state index in [2.05, 4.69) is 4.90 Å². The van der Waals surface area contributed by atoms with E-state index in [1.807, 2.05) is 12.1 Å². The highest BCUT2D eigenvalue weighted by molar-refractivity contribution is 5.41. The number of nitrogens with zero attached hydrogens (tertiary/aromatic N) is 1. The van der Waals surface area contributed by atoms with Crippen LogP contribution in [0.3, 0.4) is 0 Å². The molecular weight excluding hydrogens is 294 g/mol. The van der Waals surface area contributed by atoms with Gasteiger partial charge in [-0.25, -0.2) is 0 Å². The highest BCUT2D eigenvalue weighted by Gasteiger charge is 2.23. The monoisotopic (exact) mass is 323 g/mol. The molecule has 1 aromatic rings. The summed E-state index contributed by atoms with van der Waals surface area (Å²) in [5, 5.41) is 19.8. The Morgan fingerprint density at radius 3 is 2.78 bits per heavy atom. The molecule has 0 aliphatic carbocycles.